The van der Waals surface area contributed by atoms with Crippen LogP contribution in [0.25, 0.3) is 0 Å². The van der Waals surface area contributed by atoms with Crippen LogP contribution >= 0.6 is 0 Å². The Hall–Kier alpha value is -2.30. The molecule has 5 nitrogen and oxygen atoms in total. The summed E-state index contributed by atoms with van der Waals surface area (Å²) in [5.74, 6) is 0.314. The number of hydrogen-bond acceptors (Lipinski definition) is 2. The number of imidazole rings is 1. The second-order valence-corrected chi connectivity index (χ2v) is 5.99. The summed E-state index contributed by atoms with van der Waals surface area (Å²) in [6, 6.07) is 7.89. The molecule has 1 atom stereocenters. The molecule has 2 aromatic rings. The van der Waals surface area contributed by atoms with Crippen LogP contribution in [-0.4, -0.2) is 15.5 Å². The molecular formula is C18H25N3O2. The third-order valence-corrected chi connectivity index (χ3v) is 4.43. The van der Waals surface area contributed by atoms with Crippen LogP contribution in [0, 0.1) is 13.8 Å². The second kappa shape index (κ2) is 7.31. The molecule has 0 saturated carbocycles. The second-order valence-electron chi connectivity index (χ2n) is 5.99. The van der Waals surface area contributed by atoms with E-state index in [0.29, 0.717) is 12.5 Å². The van der Waals surface area contributed by atoms with Crippen molar-refractivity contribution < 1.29 is 4.79 Å². The highest BCUT2D eigenvalue weighted by Crippen LogP contribution is 2.26. The molecule has 1 amide bonds. The fourth-order valence-corrected chi connectivity index (χ4v) is 2.63. The van der Waals surface area contributed by atoms with Gasteiger partial charge in [0.05, 0.1) is 0 Å². The highest BCUT2D eigenvalue weighted by molar-refractivity contribution is 5.91. The number of benzene rings is 1. The molecular weight excluding hydrogens is 290 g/mol. The Bertz CT molecular complexity index is 743. The monoisotopic (exact) mass is 315 g/mol. The zero-order valence-corrected chi connectivity index (χ0v) is 14.3. The van der Waals surface area contributed by atoms with Crippen molar-refractivity contribution in [1.29, 1.82) is 0 Å². The first-order valence-corrected chi connectivity index (χ1v) is 8.08. The van der Waals surface area contributed by atoms with Crippen molar-refractivity contribution in [2.45, 2.75) is 53.0 Å². The number of rotatable bonds is 6. The Morgan fingerprint density at radius 2 is 2.00 bits per heavy atom. The van der Waals surface area contributed by atoms with Crippen molar-refractivity contribution in [3.05, 3.63) is 51.7 Å². The zero-order valence-electron chi connectivity index (χ0n) is 14.3. The van der Waals surface area contributed by atoms with E-state index in [1.165, 1.54) is 0 Å². The SMILES string of the molecule is CCC(C)c1ccccc1NC(=O)CCn1c(C)c(C)[nH]c1=O. The number of amides is 1. The summed E-state index contributed by atoms with van der Waals surface area (Å²) in [6.07, 6.45) is 1.29. The number of aromatic nitrogens is 2. The summed E-state index contributed by atoms with van der Waals surface area (Å²) in [6.45, 7) is 8.40. The molecule has 1 unspecified atom stereocenters. The van der Waals surface area contributed by atoms with Gasteiger partial charge in [0.25, 0.3) is 0 Å². The van der Waals surface area contributed by atoms with Gasteiger partial charge in [-0.1, -0.05) is 32.0 Å². The molecule has 0 aliphatic heterocycles. The summed E-state index contributed by atoms with van der Waals surface area (Å²) >= 11 is 0. The van der Waals surface area contributed by atoms with Crippen LogP contribution in [0.4, 0.5) is 5.69 Å². The number of carbonyl (C=O) groups is 1. The first kappa shape index (κ1) is 17.1. The van der Waals surface area contributed by atoms with Gasteiger partial charge in [-0.05, 0) is 37.8 Å². The minimum atomic E-state index is -0.159. The molecule has 0 fully saturated rings. The molecule has 5 heteroatoms. The van der Waals surface area contributed by atoms with Gasteiger partial charge in [0, 0.05) is 30.0 Å². The predicted molar refractivity (Wildman–Crippen MR) is 92.9 cm³/mol. The molecule has 0 saturated heterocycles. The maximum atomic E-state index is 12.2. The first-order chi connectivity index (χ1) is 10.9. The van der Waals surface area contributed by atoms with Crippen molar-refractivity contribution in [2.75, 3.05) is 5.32 Å². The van der Waals surface area contributed by atoms with Crippen LogP contribution in [0.3, 0.4) is 0 Å². The highest BCUT2D eigenvalue weighted by atomic mass is 16.2. The fourth-order valence-electron chi connectivity index (χ4n) is 2.63. The van der Waals surface area contributed by atoms with E-state index in [9.17, 15) is 9.59 Å². The number of nitrogens with one attached hydrogen (secondary N) is 2. The highest BCUT2D eigenvalue weighted by Gasteiger charge is 2.12. The van der Waals surface area contributed by atoms with Gasteiger partial charge in [-0.15, -0.1) is 0 Å². The minimum Gasteiger partial charge on any atom is -0.326 e. The van der Waals surface area contributed by atoms with Crippen LogP contribution in [0.5, 0.6) is 0 Å². The maximum absolute atomic E-state index is 12.2. The normalized spacial score (nSPS) is 12.2. The molecule has 23 heavy (non-hydrogen) atoms. The lowest BCUT2D eigenvalue weighted by atomic mass is 9.97. The zero-order chi connectivity index (χ0) is 17.0. The van der Waals surface area contributed by atoms with Crippen LogP contribution in [-0.2, 0) is 11.3 Å². The van der Waals surface area contributed by atoms with Crippen LogP contribution in [0.15, 0.2) is 29.1 Å². The van der Waals surface area contributed by atoms with Gasteiger partial charge in [-0.3, -0.25) is 9.36 Å². The van der Waals surface area contributed by atoms with Gasteiger partial charge < -0.3 is 10.3 Å². The molecule has 1 aromatic heterocycles. The lowest BCUT2D eigenvalue weighted by Gasteiger charge is -2.15. The molecule has 0 aliphatic rings. The quantitative estimate of drug-likeness (QED) is 0.858. The number of aromatic amines is 1. The third kappa shape index (κ3) is 3.92. The lowest BCUT2D eigenvalue weighted by molar-refractivity contribution is -0.116. The average Bonchev–Trinajstić information content (AvgIpc) is 2.78. The number of aryl methyl sites for hydroxylation is 1. The molecule has 0 bridgehead atoms. The van der Waals surface area contributed by atoms with Crippen molar-refractivity contribution >= 4 is 11.6 Å². The first-order valence-electron chi connectivity index (χ1n) is 8.08. The van der Waals surface area contributed by atoms with E-state index in [4.69, 9.17) is 0 Å². The predicted octanol–water partition coefficient (Wildman–Crippen LogP) is 3.34. The number of para-hydroxylation sites is 1. The number of hydrogen-bond donors (Lipinski definition) is 2. The Kier molecular flexibility index (Phi) is 5.42. The molecule has 1 heterocycles. The Balaban J connectivity index is 2.05. The molecule has 2 N–H and O–H groups in total. The summed E-state index contributed by atoms with van der Waals surface area (Å²) < 4.78 is 1.61. The van der Waals surface area contributed by atoms with Crippen molar-refractivity contribution in [3.63, 3.8) is 0 Å². The number of H-pyrrole nitrogens is 1. The smallest absolute Gasteiger partial charge is 0.325 e. The van der Waals surface area contributed by atoms with Crippen LogP contribution < -0.4 is 11.0 Å². The largest absolute Gasteiger partial charge is 0.326 e. The topological polar surface area (TPSA) is 66.9 Å². The van der Waals surface area contributed by atoms with Crippen molar-refractivity contribution in [1.82, 2.24) is 9.55 Å². The van der Waals surface area contributed by atoms with Gasteiger partial charge in [0.15, 0.2) is 0 Å². The van der Waals surface area contributed by atoms with E-state index < -0.39 is 0 Å². The molecule has 1 aromatic carbocycles. The van der Waals surface area contributed by atoms with Gasteiger partial charge in [-0.2, -0.15) is 0 Å². The molecule has 0 aliphatic carbocycles. The van der Waals surface area contributed by atoms with E-state index in [1.807, 2.05) is 38.1 Å². The van der Waals surface area contributed by atoms with E-state index in [1.54, 1.807) is 4.57 Å². The number of nitrogens with zero attached hydrogens (tertiary/aromatic N) is 1. The minimum absolute atomic E-state index is 0.0779. The number of carbonyl (C=O) groups excluding carboxylic acids is 1. The Morgan fingerprint density at radius 1 is 1.30 bits per heavy atom. The fraction of sp³-hybridized carbons (Fsp3) is 0.444. The molecule has 2 rings (SSSR count). The van der Waals surface area contributed by atoms with Crippen molar-refractivity contribution in [2.24, 2.45) is 0 Å². The van der Waals surface area contributed by atoms with Crippen LogP contribution in [0.2, 0.25) is 0 Å². The summed E-state index contributed by atoms with van der Waals surface area (Å²) in [7, 11) is 0. The summed E-state index contributed by atoms with van der Waals surface area (Å²) in [5, 5.41) is 2.98. The maximum Gasteiger partial charge on any atom is 0.325 e. The molecule has 0 radical (unpaired) electrons. The average molecular weight is 315 g/mol. The van der Waals surface area contributed by atoms with Crippen LogP contribution in [0.1, 0.15) is 49.6 Å². The van der Waals surface area contributed by atoms with E-state index in [2.05, 4.69) is 24.1 Å². The van der Waals surface area contributed by atoms with E-state index in [-0.39, 0.29) is 18.0 Å². The molecule has 0 spiro atoms. The third-order valence-electron chi connectivity index (χ3n) is 4.43. The van der Waals surface area contributed by atoms with Gasteiger partial charge in [0.2, 0.25) is 5.91 Å². The standard InChI is InChI=1S/C18H25N3O2/c1-5-12(2)15-8-6-7-9-16(15)20-17(22)10-11-21-14(4)13(3)19-18(21)23/h6-9,12H,5,10-11H2,1-4H3,(H,19,23)(H,20,22). The van der Waals surface area contributed by atoms with Gasteiger partial charge in [0.1, 0.15) is 0 Å². The Morgan fingerprint density at radius 3 is 2.61 bits per heavy atom. The summed E-state index contributed by atoms with van der Waals surface area (Å²) in [4.78, 5) is 26.8. The van der Waals surface area contributed by atoms with E-state index in [0.717, 1.165) is 29.1 Å². The Labute approximate surface area is 136 Å². The molecule has 124 valence electrons. The lowest BCUT2D eigenvalue weighted by Crippen LogP contribution is -2.22. The van der Waals surface area contributed by atoms with Crippen molar-refractivity contribution in [3.8, 4) is 0 Å². The number of anilines is 1. The van der Waals surface area contributed by atoms with E-state index >= 15 is 0 Å². The van der Waals surface area contributed by atoms with Gasteiger partial charge >= 0.3 is 5.69 Å². The summed E-state index contributed by atoms with van der Waals surface area (Å²) in [5.41, 5.74) is 3.57. The van der Waals surface area contributed by atoms with Gasteiger partial charge in [-0.25, -0.2) is 4.79 Å².